The molecule has 1 N–H and O–H groups in total. The van der Waals surface area contributed by atoms with Crippen LogP contribution >= 0.6 is 0 Å². The van der Waals surface area contributed by atoms with E-state index in [1.807, 2.05) is 20.8 Å². The van der Waals surface area contributed by atoms with Gasteiger partial charge < -0.3 is 9.26 Å². The van der Waals surface area contributed by atoms with Crippen molar-refractivity contribution in [2.24, 2.45) is 0 Å². The lowest BCUT2D eigenvalue weighted by molar-refractivity contribution is 0.301. The third kappa shape index (κ3) is 4.02. The number of pyridine rings is 1. The summed E-state index contributed by atoms with van der Waals surface area (Å²) >= 11 is 0. The molecule has 26 heavy (non-hydrogen) atoms. The molecule has 0 amide bonds. The van der Waals surface area contributed by atoms with Gasteiger partial charge in [0, 0.05) is 5.69 Å². The fourth-order valence-corrected chi connectivity index (χ4v) is 3.36. The Balaban J connectivity index is 1.69. The van der Waals surface area contributed by atoms with Crippen LogP contribution in [0.1, 0.15) is 22.7 Å². The minimum absolute atomic E-state index is 0.141. The predicted octanol–water partition coefficient (Wildman–Crippen LogP) is 3.37. The minimum Gasteiger partial charge on any atom is -0.489 e. The Morgan fingerprint density at radius 1 is 1.08 bits per heavy atom. The molecule has 0 fully saturated rings. The second-order valence-corrected chi connectivity index (χ2v) is 7.54. The average molecular weight is 373 g/mol. The highest BCUT2D eigenvalue weighted by atomic mass is 32.2. The van der Waals surface area contributed by atoms with Gasteiger partial charge >= 0.3 is 0 Å². The number of sulfonamides is 1. The molecule has 0 saturated heterocycles. The smallest absolute Gasteiger partial charge is 0.261 e. The maximum atomic E-state index is 12.4. The molecule has 7 nitrogen and oxygen atoms in total. The zero-order valence-corrected chi connectivity index (χ0v) is 15.5. The van der Waals surface area contributed by atoms with E-state index in [1.54, 1.807) is 24.3 Å². The van der Waals surface area contributed by atoms with E-state index in [1.165, 1.54) is 18.3 Å². The van der Waals surface area contributed by atoms with Crippen LogP contribution in [0.2, 0.25) is 0 Å². The number of nitrogens with one attached hydrogen (secondary N) is 1. The highest BCUT2D eigenvalue weighted by Crippen LogP contribution is 2.21. The molecule has 1 aromatic carbocycles. The van der Waals surface area contributed by atoms with Crippen LogP contribution in [-0.4, -0.2) is 18.6 Å². The normalized spacial score (nSPS) is 11.3. The van der Waals surface area contributed by atoms with Crippen molar-refractivity contribution in [3.63, 3.8) is 0 Å². The Labute approximate surface area is 152 Å². The SMILES string of the molecule is Cc1ccc(NS(=O)(=O)c2ccc(OCc3c(C)noc3C)cc2)cn1. The van der Waals surface area contributed by atoms with Crippen molar-refractivity contribution in [2.75, 3.05) is 4.72 Å². The van der Waals surface area contributed by atoms with Crippen molar-refractivity contribution in [3.8, 4) is 5.75 Å². The predicted molar refractivity (Wildman–Crippen MR) is 96.5 cm³/mol. The van der Waals surface area contributed by atoms with E-state index < -0.39 is 10.0 Å². The van der Waals surface area contributed by atoms with Gasteiger partial charge in [-0.25, -0.2) is 8.42 Å². The van der Waals surface area contributed by atoms with Gasteiger partial charge in [-0.15, -0.1) is 0 Å². The van der Waals surface area contributed by atoms with Crippen molar-refractivity contribution >= 4 is 15.7 Å². The Kier molecular flexibility index (Phi) is 4.94. The molecule has 0 unspecified atom stereocenters. The second-order valence-electron chi connectivity index (χ2n) is 5.86. The lowest BCUT2D eigenvalue weighted by atomic mass is 10.2. The van der Waals surface area contributed by atoms with Gasteiger partial charge in [0.1, 0.15) is 18.1 Å². The molecule has 0 radical (unpaired) electrons. The summed E-state index contributed by atoms with van der Waals surface area (Å²) in [6.07, 6.45) is 1.48. The van der Waals surface area contributed by atoms with Crippen molar-refractivity contribution in [3.05, 3.63) is 65.3 Å². The van der Waals surface area contributed by atoms with Crippen LogP contribution in [0, 0.1) is 20.8 Å². The first-order valence-corrected chi connectivity index (χ1v) is 9.43. The molecule has 0 aliphatic carbocycles. The van der Waals surface area contributed by atoms with Crippen LogP contribution in [0.25, 0.3) is 0 Å². The van der Waals surface area contributed by atoms with E-state index in [2.05, 4.69) is 14.9 Å². The second kappa shape index (κ2) is 7.17. The largest absolute Gasteiger partial charge is 0.489 e. The zero-order valence-electron chi connectivity index (χ0n) is 14.7. The van der Waals surface area contributed by atoms with Gasteiger partial charge in [-0.05, 0) is 57.2 Å². The maximum Gasteiger partial charge on any atom is 0.261 e. The van der Waals surface area contributed by atoms with Crippen molar-refractivity contribution in [1.29, 1.82) is 0 Å². The summed E-state index contributed by atoms with van der Waals surface area (Å²) in [5.41, 5.74) is 2.88. The van der Waals surface area contributed by atoms with Gasteiger partial charge in [0.25, 0.3) is 10.0 Å². The maximum absolute atomic E-state index is 12.4. The summed E-state index contributed by atoms with van der Waals surface area (Å²) in [5, 5.41) is 3.87. The van der Waals surface area contributed by atoms with Crippen molar-refractivity contribution in [1.82, 2.24) is 10.1 Å². The number of hydrogen-bond donors (Lipinski definition) is 1. The molecule has 0 atom stereocenters. The van der Waals surface area contributed by atoms with Gasteiger partial charge in [-0.3, -0.25) is 9.71 Å². The Hall–Kier alpha value is -2.87. The number of anilines is 1. The van der Waals surface area contributed by atoms with Gasteiger partial charge in [0.15, 0.2) is 0 Å². The molecule has 3 rings (SSSR count). The third-order valence-corrected chi connectivity index (χ3v) is 5.26. The molecular weight excluding hydrogens is 354 g/mol. The standard InChI is InChI=1S/C18H19N3O4S/c1-12-4-5-15(10-19-12)21-26(22,23)17-8-6-16(7-9-17)24-11-18-13(2)20-25-14(18)3/h4-10,21H,11H2,1-3H3. The molecule has 0 spiro atoms. The highest BCUT2D eigenvalue weighted by molar-refractivity contribution is 7.92. The van der Waals surface area contributed by atoms with Crippen LogP contribution in [0.3, 0.4) is 0 Å². The van der Waals surface area contributed by atoms with E-state index in [9.17, 15) is 8.42 Å². The minimum atomic E-state index is -3.69. The van der Waals surface area contributed by atoms with Gasteiger partial charge in [0.05, 0.1) is 28.0 Å². The lowest BCUT2D eigenvalue weighted by Gasteiger charge is -2.09. The molecule has 0 bridgehead atoms. The Morgan fingerprint density at radius 3 is 2.38 bits per heavy atom. The molecule has 0 saturated carbocycles. The summed E-state index contributed by atoms with van der Waals surface area (Å²) < 4.78 is 38.1. The number of nitrogens with zero attached hydrogens (tertiary/aromatic N) is 2. The molecule has 0 aliphatic rings. The number of hydrogen-bond acceptors (Lipinski definition) is 6. The third-order valence-electron chi connectivity index (χ3n) is 3.86. The first-order valence-electron chi connectivity index (χ1n) is 7.95. The van der Waals surface area contributed by atoms with E-state index in [0.717, 1.165) is 17.0 Å². The summed E-state index contributed by atoms with van der Waals surface area (Å²) in [6, 6.07) is 9.62. The molecule has 2 aromatic heterocycles. The number of aromatic nitrogens is 2. The topological polar surface area (TPSA) is 94.3 Å². The van der Waals surface area contributed by atoms with Crippen LogP contribution in [0.5, 0.6) is 5.75 Å². The first kappa shape index (κ1) is 17.9. The summed E-state index contributed by atoms with van der Waals surface area (Å²) in [6.45, 7) is 5.80. The average Bonchev–Trinajstić information content (AvgIpc) is 2.93. The lowest BCUT2D eigenvalue weighted by Crippen LogP contribution is -2.13. The van der Waals surface area contributed by atoms with Crippen molar-refractivity contribution < 1.29 is 17.7 Å². The summed E-state index contributed by atoms with van der Waals surface area (Å²) in [5.74, 6) is 1.26. The van der Waals surface area contributed by atoms with Crippen molar-refractivity contribution in [2.45, 2.75) is 32.3 Å². The molecule has 8 heteroatoms. The van der Waals surface area contributed by atoms with Crippen LogP contribution in [0.15, 0.2) is 52.0 Å². The van der Waals surface area contributed by atoms with E-state index in [0.29, 0.717) is 23.8 Å². The van der Waals surface area contributed by atoms with Crippen LogP contribution in [-0.2, 0) is 16.6 Å². The molecule has 0 aliphatic heterocycles. The fourth-order valence-electron chi connectivity index (χ4n) is 2.32. The van der Waals surface area contributed by atoms with E-state index in [-0.39, 0.29) is 4.90 Å². The number of ether oxygens (including phenoxy) is 1. The highest BCUT2D eigenvalue weighted by Gasteiger charge is 2.15. The molecular formula is C18H19N3O4S. The number of rotatable bonds is 6. The molecule has 136 valence electrons. The van der Waals surface area contributed by atoms with Crippen LogP contribution in [0.4, 0.5) is 5.69 Å². The van der Waals surface area contributed by atoms with Gasteiger partial charge in [0.2, 0.25) is 0 Å². The summed E-state index contributed by atoms with van der Waals surface area (Å²) in [7, 11) is -3.69. The van der Waals surface area contributed by atoms with E-state index in [4.69, 9.17) is 9.26 Å². The first-order chi connectivity index (χ1) is 12.3. The van der Waals surface area contributed by atoms with Crippen LogP contribution < -0.4 is 9.46 Å². The Bertz CT molecular complexity index is 974. The summed E-state index contributed by atoms with van der Waals surface area (Å²) in [4.78, 5) is 4.22. The molecule has 3 aromatic rings. The van der Waals surface area contributed by atoms with Gasteiger partial charge in [-0.1, -0.05) is 5.16 Å². The zero-order chi connectivity index (χ0) is 18.7. The Morgan fingerprint density at radius 2 is 1.81 bits per heavy atom. The quantitative estimate of drug-likeness (QED) is 0.712. The number of aryl methyl sites for hydroxylation is 3. The monoisotopic (exact) mass is 373 g/mol. The molecule has 2 heterocycles. The van der Waals surface area contributed by atoms with E-state index >= 15 is 0 Å². The number of benzene rings is 1. The van der Waals surface area contributed by atoms with Gasteiger partial charge in [-0.2, -0.15) is 0 Å². The fraction of sp³-hybridized carbons (Fsp3) is 0.222.